The van der Waals surface area contributed by atoms with Crippen LogP contribution in [0, 0.1) is 11.9 Å². The Labute approximate surface area is 84.3 Å². The monoisotopic (exact) mass is 245 g/mol. The van der Waals surface area contributed by atoms with Crippen molar-refractivity contribution in [2.75, 3.05) is 6.61 Å². The molecule has 2 nitrogen and oxygen atoms in total. The van der Waals surface area contributed by atoms with Gasteiger partial charge in [-0.05, 0) is 40.8 Å². The molecule has 0 aliphatic heterocycles. The minimum absolute atomic E-state index is 0.231. The van der Waals surface area contributed by atoms with Gasteiger partial charge in [-0.1, -0.05) is 0 Å². The van der Waals surface area contributed by atoms with Crippen molar-refractivity contribution in [3.05, 3.63) is 22.7 Å². The first kappa shape index (κ1) is 8.94. The van der Waals surface area contributed by atoms with E-state index in [2.05, 4.69) is 20.9 Å². The zero-order valence-corrected chi connectivity index (χ0v) is 8.55. The van der Waals surface area contributed by atoms with Crippen LogP contribution < -0.4 is 4.74 Å². The van der Waals surface area contributed by atoms with Crippen LogP contribution in [0.4, 0.5) is 4.39 Å². The molecule has 13 heavy (non-hydrogen) atoms. The van der Waals surface area contributed by atoms with Gasteiger partial charge in [0, 0.05) is 6.20 Å². The topological polar surface area (TPSA) is 22.1 Å². The second-order valence-corrected chi connectivity index (χ2v) is 4.02. The molecule has 70 valence electrons. The third-order valence-corrected chi connectivity index (χ3v) is 2.60. The molecule has 0 amide bonds. The van der Waals surface area contributed by atoms with E-state index >= 15 is 0 Å². The largest absolute Gasteiger partial charge is 0.487 e. The van der Waals surface area contributed by atoms with Crippen LogP contribution in [-0.4, -0.2) is 11.6 Å². The van der Waals surface area contributed by atoms with Gasteiger partial charge in [0.25, 0.3) is 5.95 Å². The van der Waals surface area contributed by atoms with Crippen molar-refractivity contribution in [1.82, 2.24) is 4.98 Å². The Morgan fingerprint density at radius 2 is 2.38 bits per heavy atom. The Bertz CT molecular complexity index is 294. The van der Waals surface area contributed by atoms with E-state index in [1.807, 2.05) is 0 Å². The van der Waals surface area contributed by atoms with E-state index in [1.54, 1.807) is 6.07 Å². The van der Waals surface area contributed by atoms with Crippen molar-refractivity contribution in [2.45, 2.75) is 12.8 Å². The molecular formula is C9H9BrFNO. The van der Waals surface area contributed by atoms with E-state index in [1.165, 1.54) is 19.0 Å². The summed E-state index contributed by atoms with van der Waals surface area (Å²) in [4.78, 5) is 3.52. The Kier molecular flexibility index (Phi) is 2.49. The Morgan fingerprint density at radius 3 is 3.00 bits per heavy atom. The lowest BCUT2D eigenvalue weighted by Gasteiger charge is -2.06. The van der Waals surface area contributed by atoms with Gasteiger partial charge in [0.15, 0.2) is 5.75 Å². The van der Waals surface area contributed by atoms with Crippen LogP contribution in [0.2, 0.25) is 0 Å². The Hall–Kier alpha value is -0.640. The maximum absolute atomic E-state index is 13.1. The van der Waals surface area contributed by atoms with Crippen LogP contribution in [0.25, 0.3) is 0 Å². The maximum atomic E-state index is 13.1. The summed E-state index contributed by atoms with van der Waals surface area (Å²) in [5.74, 6) is 0.302. The lowest BCUT2D eigenvalue weighted by atomic mass is 10.4. The normalized spacial score (nSPS) is 15.8. The molecule has 2 rings (SSSR count). The average Bonchev–Trinajstić information content (AvgIpc) is 2.87. The lowest BCUT2D eigenvalue weighted by molar-refractivity contribution is 0.279. The Morgan fingerprint density at radius 1 is 1.62 bits per heavy atom. The molecule has 0 radical (unpaired) electrons. The highest BCUT2D eigenvalue weighted by Crippen LogP contribution is 2.32. The highest BCUT2D eigenvalue weighted by molar-refractivity contribution is 9.10. The summed E-state index contributed by atoms with van der Waals surface area (Å²) in [7, 11) is 0. The molecule has 4 heteroatoms. The summed E-state index contributed by atoms with van der Waals surface area (Å²) in [6, 6.07) is 1.67. The number of hydrogen-bond donors (Lipinski definition) is 0. The van der Waals surface area contributed by atoms with Gasteiger partial charge in [-0.25, -0.2) is 4.98 Å². The zero-order valence-electron chi connectivity index (χ0n) is 6.96. The summed E-state index contributed by atoms with van der Waals surface area (Å²) in [5.41, 5.74) is 0. The summed E-state index contributed by atoms with van der Waals surface area (Å²) in [6.07, 6.45) is 3.79. The third kappa shape index (κ3) is 2.18. The third-order valence-electron chi connectivity index (χ3n) is 1.97. The first-order chi connectivity index (χ1) is 6.27. The van der Waals surface area contributed by atoms with Crippen LogP contribution >= 0.6 is 15.9 Å². The van der Waals surface area contributed by atoms with E-state index in [0.717, 1.165) is 0 Å². The molecule has 1 aromatic heterocycles. The fourth-order valence-electron chi connectivity index (χ4n) is 1.02. The molecule has 0 spiro atoms. The van der Waals surface area contributed by atoms with E-state index in [9.17, 15) is 4.39 Å². The molecule has 1 aliphatic rings. The fourth-order valence-corrected chi connectivity index (χ4v) is 1.41. The van der Waals surface area contributed by atoms with E-state index in [4.69, 9.17) is 4.74 Å². The number of nitrogens with zero attached hydrogens (tertiary/aromatic N) is 1. The quantitative estimate of drug-likeness (QED) is 0.765. The number of ether oxygens (including phenoxy) is 1. The van der Waals surface area contributed by atoms with Gasteiger partial charge in [0.05, 0.1) is 11.1 Å². The zero-order chi connectivity index (χ0) is 9.26. The highest BCUT2D eigenvalue weighted by Gasteiger charge is 2.23. The lowest BCUT2D eigenvalue weighted by Crippen LogP contribution is -2.02. The molecule has 1 heterocycles. The molecule has 0 unspecified atom stereocenters. The second kappa shape index (κ2) is 3.62. The second-order valence-electron chi connectivity index (χ2n) is 3.17. The molecule has 0 saturated heterocycles. The standard InChI is InChI=1S/C9H9BrFNO/c10-7-3-4-12-9(11)8(7)13-5-6-1-2-6/h3-4,6H,1-2,5H2. The summed E-state index contributed by atoms with van der Waals surface area (Å²) in [5, 5.41) is 0. The minimum Gasteiger partial charge on any atom is -0.487 e. The van der Waals surface area contributed by atoms with Gasteiger partial charge < -0.3 is 4.74 Å². The summed E-state index contributed by atoms with van der Waals surface area (Å²) < 4.78 is 19.0. The molecule has 0 aromatic carbocycles. The SMILES string of the molecule is Fc1nccc(Br)c1OCC1CC1. The van der Waals surface area contributed by atoms with Gasteiger partial charge in [0.2, 0.25) is 0 Å². The van der Waals surface area contributed by atoms with Crippen molar-refractivity contribution < 1.29 is 9.13 Å². The summed E-state index contributed by atoms with van der Waals surface area (Å²) >= 11 is 3.21. The number of halogens is 2. The first-order valence-electron chi connectivity index (χ1n) is 4.20. The number of aromatic nitrogens is 1. The first-order valence-corrected chi connectivity index (χ1v) is 4.99. The Balaban J connectivity index is 2.07. The van der Waals surface area contributed by atoms with E-state index in [0.29, 0.717) is 17.0 Å². The number of hydrogen-bond acceptors (Lipinski definition) is 2. The number of rotatable bonds is 3. The minimum atomic E-state index is -0.546. The molecule has 1 aliphatic carbocycles. The molecule has 0 N–H and O–H groups in total. The molecule has 1 saturated carbocycles. The van der Waals surface area contributed by atoms with Crippen LogP contribution in [0.1, 0.15) is 12.8 Å². The molecule has 0 atom stereocenters. The predicted molar refractivity (Wildman–Crippen MR) is 50.1 cm³/mol. The van der Waals surface area contributed by atoms with Crippen molar-refractivity contribution in [3.8, 4) is 5.75 Å². The van der Waals surface area contributed by atoms with Crippen LogP contribution in [0.15, 0.2) is 16.7 Å². The smallest absolute Gasteiger partial charge is 0.256 e. The van der Waals surface area contributed by atoms with Gasteiger partial charge >= 0.3 is 0 Å². The van der Waals surface area contributed by atoms with Gasteiger partial charge in [-0.3, -0.25) is 0 Å². The highest BCUT2D eigenvalue weighted by atomic mass is 79.9. The van der Waals surface area contributed by atoms with Gasteiger partial charge in [-0.15, -0.1) is 0 Å². The van der Waals surface area contributed by atoms with Gasteiger partial charge in [0.1, 0.15) is 0 Å². The molecular weight excluding hydrogens is 237 g/mol. The molecule has 1 fully saturated rings. The van der Waals surface area contributed by atoms with Crippen molar-refractivity contribution in [1.29, 1.82) is 0 Å². The van der Waals surface area contributed by atoms with Crippen LogP contribution in [0.5, 0.6) is 5.75 Å². The maximum Gasteiger partial charge on any atom is 0.256 e. The van der Waals surface area contributed by atoms with Crippen molar-refractivity contribution in [3.63, 3.8) is 0 Å². The molecule has 1 aromatic rings. The van der Waals surface area contributed by atoms with E-state index < -0.39 is 5.95 Å². The van der Waals surface area contributed by atoms with E-state index in [-0.39, 0.29) is 5.75 Å². The number of pyridine rings is 1. The molecule has 0 bridgehead atoms. The summed E-state index contributed by atoms with van der Waals surface area (Å²) in [6.45, 7) is 0.598. The van der Waals surface area contributed by atoms with Crippen molar-refractivity contribution >= 4 is 15.9 Å². The van der Waals surface area contributed by atoms with Crippen LogP contribution in [0.3, 0.4) is 0 Å². The predicted octanol–water partition coefficient (Wildman–Crippen LogP) is 2.77. The average molecular weight is 246 g/mol. The van der Waals surface area contributed by atoms with Gasteiger partial charge in [-0.2, -0.15) is 4.39 Å². The van der Waals surface area contributed by atoms with Crippen LogP contribution in [-0.2, 0) is 0 Å². The fraction of sp³-hybridized carbons (Fsp3) is 0.444. The van der Waals surface area contributed by atoms with Crippen molar-refractivity contribution in [2.24, 2.45) is 5.92 Å².